The molecule has 1 aromatic heterocycles. The molecular formula is C16H16BrNO3S. The maximum atomic E-state index is 12.5. The molecule has 0 unspecified atom stereocenters. The summed E-state index contributed by atoms with van der Waals surface area (Å²) >= 11 is 4.99. The molecule has 0 spiro atoms. The van der Waals surface area contributed by atoms with Gasteiger partial charge in [-0.1, -0.05) is 22.0 Å². The zero-order chi connectivity index (χ0) is 16.1. The lowest BCUT2D eigenvalue weighted by molar-refractivity contribution is -0.119. The Morgan fingerprint density at radius 2 is 2.14 bits per heavy atom. The van der Waals surface area contributed by atoms with Crippen LogP contribution in [0.25, 0.3) is 10.4 Å². The third-order valence-electron chi connectivity index (χ3n) is 3.14. The monoisotopic (exact) mass is 381 g/mol. The molecule has 0 fully saturated rings. The molecule has 116 valence electrons. The number of amides is 1. The van der Waals surface area contributed by atoms with Gasteiger partial charge in [0.1, 0.15) is 6.04 Å². The molecule has 0 aliphatic rings. The van der Waals surface area contributed by atoms with Gasteiger partial charge in [-0.25, -0.2) is 0 Å². The average molecular weight is 382 g/mol. The van der Waals surface area contributed by atoms with E-state index < -0.39 is 6.04 Å². The highest BCUT2D eigenvalue weighted by atomic mass is 79.9. The maximum Gasteiger partial charge on any atom is 0.252 e. The second kappa shape index (κ2) is 7.67. The lowest BCUT2D eigenvalue weighted by Gasteiger charge is -2.16. The fourth-order valence-electron chi connectivity index (χ4n) is 2.01. The SMILES string of the molecule is COC[C@H](NC(=O)c1ccc(Br)cc1-c1cccs1)C(C)=O. The van der Waals surface area contributed by atoms with Crippen LogP contribution in [0.15, 0.2) is 40.2 Å². The molecule has 0 radical (unpaired) electrons. The van der Waals surface area contributed by atoms with E-state index >= 15 is 0 Å². The molecule has 1 N–H and O–H groups in total. The Morgan fingerprint density at radius 1 is 1.36 bits per heavy atom. The van der Waals surface area contributed by atoms with Crippen LogP contribution in [-0.4, -0.2) is 31.4 Å². The van der Waals surface area contributed by atoms with Gasteiger partial charge < -0.3 is 10.1 Å². The number of Topliss-reactive ketones (excluding diaryl/α,β-unsaturated/α-hetero) is 1. The van der Waals surface area contributed by atoms with E-state index in [-0.39, 0.29) is 18.3 Å². The van der Waals surface area contributed by atoms with E-state index in [0.717, 1.165) is 14.9 Å². The quantitative estimate of drug-likeness (QED) is 0.832. The molecule has 0 saturated heterocycles. The number of methoxy groups -OCH3 is 1. The molecule has 0 aliphatic carbocycles. The number of nitrogens with one attached hydrogen (secondary N) is 1. The van der Waals surface area contributed by atoms with E-state index in [0.29, 0.717) is 5.56 Å². The lowest BCUT2D eigenvalue weighted by Crippen LogP contribution is -2.43. The van der Waals surface area contributed by atoms with Crippen molar-refractivity contribution in [1.29, 1.82) is 0 Å². The van der Waals surface area contributed by atoms with Crippen molar-refractivity contribution in [3.63, 3.8) is 0 Å². The fourth-order valence-corrected chi connectivity index (χ4v) is 3.13. The summed E-state index contributed by atoms with van der Waals surface area (Å²) in [4.78, 5) is 25.1. The van der Waals surface area contributed by atoms with Crippen molar-refractivity contribution in [2.45, 2.75) is 13.0 Å². The number of ether oxygens (including phenoxy) is 1. The predicted octanol–water partition coefficient (Wildman–Crippen LogP) is 3.51. The molecule has 2 rings (SSSR count). The largest absolute Gasteiger partial charge is 0.382 e. The first-order valence-corrected chi connectivity index (χ1v) is 8.34. The van der Waals surface area contributed by atoms with Gasteiger partial charge in [0.15, 0.2) is 5.78 Å². The lowest BCUT2D eigenvalue weighted by atomic mass is 10.0. The van der Waals surface area contributed by atoms with E-state index in [1.54, 1.807) is 17.4 Å². The van der Waals surface area contributed by atoms with Crippen LogP contribution in [0.2, 0.25) is 0 Å². The number of hydrogen-bond acceptors (Lipinski definition) is 4. The van der Waals surface area contributed by atoms with Gasteiger partial charge in [-0.3, -0.25) is 9.59 Å². The van der Waals surface area contributed by atoms with E-state index in [2.05, 4.69) is 21.2 Å². The maximum absolute atomic E-state index is 12.5. The smallest absolute Gasteiger partial charge is 0.252 e. The van der Waals surface area contributed by atoms with Crippen LogP contribution in [-0.2, 0) is 9.53 Å². The third kappa shape index (κ3) is 4.03. The van der Waals surface area contributed by atoms with Crippen LogP contribution < -0.4 is 5.32 Å². The zero-order valence-electron chi connectivity index (χ0n) is 12.3. The van der Waals surface area contributed by atoms with Crippen molar-refractivity contribution in [3.05, 3.63) is 45.7 Å². The molecule has 2 aromatic rings. The molecular weight excluding hydrogens is 366 g/mol. The van der Waals surface area contributed by atoms with Crippen molar-refractivity contribution in [3.8, 4) is 10.4 Å². The fraction of sp³-hybridized carbons (Fsp3) is 0.250. The summed E-state index contributed by atoms with van der Waals surface area (Å²) in [5.74, 6) is -0.418. The molecule has 0 bridgehead atoms. The Balaban J connectivity index is 2.32. The zero-order valence-corrected chi connectivity index (χ0v) is 14.7. The molecule has 1 heterocycles. The summed E-state index contributed by atoms with van der Waals surface area (Å²) < 4.78 is 5.88. The average Bonchev–Trinajstić information content (AvgIpc) is 3.00. The van der Waals surface area contributed by atoms with Crippen LogP contribution in [0.5, 0.6) is 0 Å². The highest BCUT2D eigenvalue weighted by molar-refractivity contribution is 9.10. The minimum atomic E-state index is -0.641. The van der Waals surface area contributed by atoms with Gasteiger partial charge in [-0.2, -0.15) is 0 Å². The van der Waals surface area contributed by atoms with Crippen molar-refractivity contribution in [1.82, 2.24) is 5.32 Å². The molecule has 0 aliphatic heterocycles. The molecule has 22 heavy (non-hydrogen) atoms. The van der Waals surface area contributed by atoms with Gasteiger partial charge in [0, 0.05) is 27.6 Å². The number of hydrogen-bond donors (Lipinski definition) is 1. The minimum Gasteiger partial charge on any atom is -0.382 e. The Labute approximate surface area is 141 Å². The van der Waals surface area contributed by atoms with Crippen LogP contribution in [0, 0.1) is 0 Å². The predicted molar refractivity (Wildman–Crippen MR) is 91.3 cm³/mol. The van der Waals surface area contributed by atoms with Crippen molar-refractivity contribution >= 4 is 39.0 Å². The summed E-state index contributed by atoms with van der Waals surface area (Å²) in [7, 11) is 1.50. The van der Waals surface area contributed by atoms with Gasteiger partial charge in [-0.15, -0.1) is 11.3 Å². The van der Waals surface area contributed by atoms with E-state index in [9.17, 15) is 9.59 Å². The highest BCUT2D eigenvalue weighted by Crippen LogP contribution is 2.30. The van der Waals surface area contributed by atoms with Gasteiger partial charge in [0.25, 0.3) is 5.91 Å². The summed E-state index contributed by atoms with van der Waals surface area (Å²) in [5.41, 5.74) is 1.37. The molecule has 1 atom stereocenters. The number of halogens is 1. The Bertz CT molecular complexity index is 670. The minimum absolute atomic E-state index is 0.134. The van der Waals surface area contributed by atoms with E-state index in [1.807, 2.05) is 29.6 Å². The summed E-state index contributed by atoms with van der Waals surface area (Å²) in [5, 5.41) is 4.69. The first kappa shape index (κ1) is 16.9. The number of thiophene rings is 1. The first-order chi connectivity index (χ1) is 10.5. The van der Waals surface area contributed by atoms with Gasteiger partial charge in [0.05, 0.1) is 6.61 Å². The molecule has 6 heteroatoms. The number of benzene rings is 1. The summed E-state index contributed by atoms with van der Waals surface area (Å²) in [6.45, 7) is 1.59. The van der Waals surface area contributed by atoms with E-state index in [1.165, 1.54) is 14.0 Å². The normalized spacial score (nSPS) is 12.0. The van der Waals surface area contributed by atoms with Gasteiger partial charge in [0.2, 0.25) is 0 Å². The number of carbonyl (C=O) groups is 2. The standard InChI is InChI=1S/C16H16BrNO3S/c1-10(19)14(9-21-2)18-16(20)12-6-5-11(17)8-13(12)15-4-3-7-22-15/h3-8,14H,9H2,1-2H3,(H,18,20)/t14-/m0/s1. The number of ketones is 1. The Hall–Kier alpha value is -1.50. The second-order valence-corrected chi connectivity index (χ2v) is 6.62. The topological polar surface area (TPSA) is 55.4 Å². The van der Waals surface area contributed by atoms with Crippen molar-refractivity contribution in [2.24, 2.45) is 0 Å². The Morgan fingerprint density at radius 3 is 2.73 bits per heavy atom. The van der Waals surface area contributed by atoms with E-state index in [4.69, 9.17) is 4.74 Å². The summed E-state index contributed by atoms with van der Waals surface area (Å²) in [6, 6.07) is 8.72. The van der Waals surface area contributed by atoms with Crippen LogP contribution in [0.4, 0.5) is 0 Å². The van der Waals surface area contributed by atoms with Crippen LogP contribution >= 0.6 is 27.3 Å². The van der Waals surface area contributed by atoms with Crippen molar-refractivity contribution < 1.29 is 14.3 Å². The molecule has 0 saturated carbocycles. The van der Waals surface area contributed by atoms with Crippen LogP contribution in [0.3, 0.4) is 0 Å². The second-order valence-electron chi connectivity index (χ2n) is 4.76. The number of rotatable bonds is 6. The third-order valence-corrected chi connectivity index (χ3v) is 4.54. The van der Waals surface area contributed by atoms with Gasteiger partial charge >= 0.3 is 0 Å². The summed E-state index contributed by atoms with van der Waals surface area (Å²) in [6.07, 6.45) is 0. The Kier molecular flexibility index (Phi) is 5.88. The first-order valence-electron chi connectivity index (χ1n) is 6.66. The van der Waals surface area contributed by atoms with Crippen molar-refractivity contribution in [2.75, 3.05) is 13.7 Å². The molecule has 1 amide bonds. The van der Waals surface area contributed by atoms with Crippen LogP contribution in [0.1, 0.15) is 17.3 Å². The molecule has 1 aromatic carbocycles. The van der Waals surface area contributed by atoms with Gasteiger partial charge in [-0.05, 0) is 36.6 Å². The number of carbonyl (C=O) groups excluding carboxylic acids is 2. The highest BCUT2D eigenvalue weighted by Gasteiger charge is 2.20. The molecule has 4 nitrogen and oxygen atoms in total.